The van der Waals surface area contributed by atoms with Crippen LogP contribution in [0.1, 0.15) is 29.6 Å². The van der Waals surface area contributed by atoms with E-state index in [1.165, 1.54) is 38.2 Å². The number of hydrogen-bond donors (Lipinski definition) is 2. The average Bonchev–Trinajstić information content (AvgIpc) is 2.59. The first-order chi connectivity index (χ1) is 11.4. The maximum atomic E-state index is 12.5. The van der Waals surface area contributed by atoms with Crippen LogP contribution in [0.2, 0.25) is 0 Å². The van der Waals surface area contributed by atoms with E-state index in [9.17, 15) is 13.2 Å². The number of hydrogen-bond acceptors (Lipinski definition) is 5. The Bertz CT molecular complexity index is 727. The molecule has 2 bridgehead atoms. The molecule has 3 saturated heterocycles. The lowest BCUT2D eigenvalue weighted by atomic mass is 9.83. The fourth-order valence-electron chi connectivity index (χ4n) is 3.65. The van der Waals surface area contributed by atoms with Crippen molar-refractivity contribution in [2.75, 3.05) is 26.7 Å². The number of nitrogens with zero attached hydrogens (tertiary/aromatic N) is 1. The maximum absolute atomic E-state index is 12.5. The Hall–Kier alpha value is -1.64. The van der Waals surface area contributed by atoms with Gasteiger partial charge in [-0.25, -0.2) is 13.6 Å². The summed E-state index contributed by atoms with van der Waals surface area (Å²) in [5.74, 6) is 0.738. The molecule has 8 heteroatoms. The summed E-state index contributed by atoms with van der Waals surface area (Å²) >= 11 is 0. The van der Waals surface area contributed by atoms with Gasteiger partial charge in [-0.1, -0.05) is 0 Å². The molecule has 1 atom stereocenters. The van der Waals surface area contributed by atoms with Crippen molar-refractivity contribution in [2.24, 2.45) is 11.1 Å². The molecule has 3 N–H and O–H groups in total. The highest BCUT2D eigenvalue weighted by atomic mass is 32.2. The fourth-order valence-corrected chi connectivity index (χ4v) is 4.19. The first-order valence-electron chi connectivity index (χ1n) is 8.11. The summed E-state index contributed by atoms with van der Waals surface area (Å²) in [4.78, 5) is 14.8. The summed E-state index contributed by atoms with van der Waals surface area (Å²) in [6.45, 7) is 2.74. The van der Waals surface area contributed by atoms with Crippen molar-refractivity contribution in [1.29, 1.82) is 0 Å². The van der Waals surface area contributed by atoms with Gasteiger partial charge < -0.3 is 10.1 Å². The summed E-state index contributed by atoms with van der Waals surface area (Å²) in [7, 11) is -2.43. The van der Waals surface area contributed by atoms with Gasteiger partial charge in [0.1, 0.15) is 5.75 Å². The standard InChI is InChI=1S/C16H23N3O4S/c1-23-15-3-2-13(24(17,21)22)9-14(15)16(20)18-10-12-8-11-4-6-19(12)7-5-11/h2-3,9,11-12H,4-8,10H2,1H3,(H,18,20)(H2,17,21,22). The summed E-state index contributed by atoms with van der Waals surface area (Å²) in [6.07, 6.45) is 3.60. The number of nitrogens with one attached hydrogen (secondary N) is 1. The SMILES string of the molecule is COc1ccc(S(N)(=O)=O)cc1C(=O)NCC1CC2CCN1CC2. The molecule has 1 aromatic carbocycles. The van der Waals surface area contributed by atoms with Crippen molar-refractivity contribution in [2.45, 2.75) is 30.2 Å². The molecule has 0 saturated carbocycles. The second-order valence-corrected chi connectivity index (χ2v) is 8.05. The molecule has 7 nitrogen and oxygen atoms in total. The number of benzene rings is 1. The van der Waals surface area contributed by atoms with Gasteiger partial charge in [0.2, 0.25) is 10.0 Å². The van der Waals surface area contributed by atoms with Gasteiger partial charge >= 0.3 is 0 Å². The van der Waals surface area contributed by atoms with E-state index < -0.39 is 10.0 Å². The molecule has 3 aliphatic heterocycles. The molecule has 1 aromatic rings. The molecule has 0 aliphatic carbocycles. The molecule has 0 spiro atoms. The zero-order chi connectivity index (χ0) is 17.3. The molecular formula is C16H23N3O4S. The van der Waals surface area contributed by atoms with Gasteiger partial charge in [0.15, 0.2) is 0 Å². The van der Waals surface area contributed by atoms with E-state index in [0.717, 1.165) is 25.4 Å². The van der Waals surface area contributed by atoms with Gasteiger partial charge in [-0.05, 0) is 56.5 Å². The third-order valence-corrected chi connectivity index (χ3v) is 5.92. The van der Waals surface area contributed by atoms with Gasteiger partial charge in [0, 0.05) is 12.6 Å². The highest BCUT2D eigenvalue weighted by molar-refractivity contribution is 7.89. The molecule has 1 amide bonds. The molecular weight excluding hydrogens is 330 g/mol. The van der Waals surface area contributed by atoms with E-state index in [4.69, 9.17) is 9.88 Å². The quantitative estimate of drug-likeness (QED) is 0.805. The van der Waals surface area contributed by atoms with Crippen LogP contribution in [0.4, 0.5) is 0 Å². The lowest BCUT2D eigenvalue weighted by Crippen LogP contribution is -2.53. The van der Waals surface area contributed by atoms with E-state index in [1.807, 2.05) is 0 Å². The van der Waals surface area contributed by atoms with Crippen LogP contribution in [0.15, 0.2) is 23.1 Å². The summed E-state index contributed by atoms with van der Waals surface area (Å²) in [6, 6.07) is 4.39. The number of carbonyl (C=O) groups is 1. The van der Waals surface area contributed by atoms with Crippen molar-refractivity contribution in [3.8, 4) is 5.75 Å². The third-order valence-electron chi connectivity index (χ3n) is 5.01. The minimum atomic E-state index is -3.87. The Balaban J connectivity index is 1.72. The summed E-state index contributed by atoms with van der Waals surface area (Å²) < 4.78 is 28.2. The first kappa shape index (κ1) is 17.2. The van der Waals surface area contributed by atoms with Crippen LogP contribution in [0.5, 0.6) is 5.75 Å². The van der Waals surface area contributed by atoms with E-state index in [2.05, 4.69) is 10.2 Å². The normalized spacial score (nSPS) is 26.2. The number of sulfonamides is 1. The monoisotopic (exact) mass is 353 g/mol. The zero-order valence-corrected chi connectivity index (χ0v) is 14.5. The van der Waals surface area contributed by atoms with Crippen LogP contribution in [0, 0.1) is 5.92 Å². The molecule has 3 heterocycles. The Morgan fingerprint density at radius 2 is 2.08 bits per heavy atom. The number of primary sulfonamides is 1. The van der Waals surface area contributed by atoms with E-state index in [1.54, 1.807) is 0 Å². The van der Waals surface area contributed by atoms with Crippen molar-refractivity contribution >= 4 is 15.9 Å². The Morgan fingerprint density at radius 3 is 2.62 bits per heavy atom. The zero-order valence-electron chi connectivity index (χ0n) is 13.7. The first-order valence-corrected chi connectivity index (χ1v) is 9.66. The fraction of sp³-hybridized carbons (Fsp3) is 0.562. The molecule has 24 heavy (non-hydrogen) atoms. The van der Waals surface area contributed by atoms with Crippen LogP contribution in [0.3, 0.4) is 0 Å². The van der Waals surface area contributed by atoms with Crippen LogP contribution in [0.25, 0.3) is 0 Å². The van der Waals surface area contributed by atoms with Crippen LogP contribution in [-0.2, 0) is 10.0 Å². The summed E-state index contributed by atoms with van der Waals surface area (Å²) in [5, 5.41) is 8.05. The van der Waals surface area contributed by atoms with Crippen LogP contribution in [-0.4, -0.2) is 52.0 Å². The number of amides is 1. The van der Waals surface area contributed by atoms with E-state index in [0.29, 0.717) is 18.3 Å². The second-order valence-electron chi connectivity index (χ2n) is 6.49. The molecule has 4 rings (SSSR count). The van der Waals surface area contributed by atoms with Gasteiger partial charge in [-0.15, -0.1) is 0 Å². The maximum Gasteiger partial charge on any atom is 0.255 e. The predicted octanol–water partition coefficient (Wildman–Crippen LogP) is 0.557. The van der Waals surface area contributed by atoms with Crippen molar-refractivity contribution in [3.63, 3.8) is 0 Å². The summed E-state index contributed by atoms with van der Waals surface area (Å²) in [5.41, 5.74) is 0.181. The topological polar surface area (TPSA) is 102 Å². The largest absolute Gasteiger partial charge is 0.496 e. The van der Waals surface area contributed by atoms with Crippen LogP contribution >= 0.6 is 0 Å². The Labute approximate surface area is 142 Å². The number of methoxy groups -OCH3 is 1. The Morgan fingerprint density at radius 1 is 1.38 bits per heavy atom. The van der Waals surface area contributed by atoms with Gasteiger partial charge in [-0.2, -0.15) is 0 Å². The van der Waals surface area contributed by atoms with Crippen molar-refractivity contribution in [1.82, 2.24) is 10.2 Å². The van der Waals surface area contributed by atoms with Crippen molar-refractivity contribution < 1.29 is 17.9 Å². The van der Waals surface area contributed by atoms with Gasteiger partial charge in [0.05, 0.1) is 17.6 Å². The van der Waals surface area contributed by atoms with Crippen LogP contribution < -0.4 is 15.2 Å². The third kappa shape index (κ3) is 3.55. The van der Waals surface area contributed by atoms with Gasteiger partial charge in [0.25, 0.3) is 5.91 Å². The lowest BCUT2D eigenvalue weighted by molar-refractivity contribution is 0.0481. The molecule has 1 unspecified atom stereocenters. The molecule has 0 aromatic heterocycles. The minimum Gasteiger partial charge on any atom is -0.496 e. The number of carbonyl (C=O) groups excluding carboxylic acids is 1. The minimum absolute atomic E-state index is 0.103. The highest BCUT2D eigenvalue weighted by Crippen LogP contribution is 2.31. The number of piperidine rings is 3. The molecule has 3 aliphatic rings. The van der Waals surface area contributed by atoms with E-state index >= 15 is 0 Å². The highest BCUT2D eigenvalue weighted by Gasteiger charge is 2.33. The Kier molecular flexibility index (Phi) is 4.80. The number of fused-ring (bicyclic) bond motifs is 3. The smallest absolute Gasteiger partial charge is 0.255 e. The molecule has 0 radical (unpaired) electrons. The lowest BCUT2D eigenvalue weighted by Gasteiger charge is -2.45. The number of ether oxygens (including phenoxy) is 1. The molecule has 3 fully saturated rings. The number of rotatable bonds is 5. The number of nitrogens with two attached hydrogens (primary N) is 1. The predicted molar refractivity (Wildman–Crippen MR) is 89.4 cm³/mol. The average molecular weight is 353 g/mol. The van der Waals surface area contributed by atoms with Crippen molar-refractivity contribution in [3.05, 3.63) is 23.8 Å². The second kappa shape index (κ2) is 6.70. The van der Waals surface area contributed by atoms with E-state index in [-0.39, 0.29) is 16.4 Å². The van der Waals surface area contributed by atoms with Gasteiger partial charge in [-0.3, -0.25) is 9.69 Å². The molecule has 132 valence electrons.